The van der Waals surface area contributed by atoms with E-state index in [4.69, 9.17) is 5.73 Å². The Morgan fingerprint density at radius 2 is 1.74 bits per heavy atom. The fourth-order valence-corrected chi connectivity index (χ4v) is 2.43. The molecule has 0 radical (unpaired) electrons. The fraction of sp³-hybridized carbons (Fsp3) is 0.316. The molecule has 0 fully saturated rings. The molecule has 2 aromatic carbocycles. The monoisotopic (exact) mass is 311 g/mol. The number of anilines is 1. The van der Waals surface area contributed by atoms with Crippen molar-refractivity contribution in [1.29, 1.82) is 0 Å². The molecule has 4 N–H and O–H groups in total. The van der Waals surface area contributed by atoms with E-state index in [1.165, 1.54) is 0 Å². The summed E-state index contributed by atoms with van der Waals surface area (Å²) in [5, 5.41) is 6.29. The first-order chi connectivity index (χ1) is 11.1. The van der Waals surface area contributed by atoms with Crippen LogP contribution >= 0.6 is 0 Å². The maximum absolute atomic E-state index is 12.5. The zero-order valence-electron chi connectivity index (χ0n) is 13.8. The lowest BCUT2D eigenvalue weighted by Crippen LogP contribution is -2.31. The van der Waals surface area contributed by atoms with E-state index in [0.29, 0.717) is 0 Å². The second-order valence-corrected chi connectivity index (χ2v) is 5.65. The van der Waals surface area contributed by atoms with Crippen LogP contribution in [0.1, 0.15) is 31.0 Å². The largest absolute Gasteiger partial charge is 0.325 e. The summed E-state index contributed by atoms with van der Waals surface area (Å²) in [4.78, 5) is 12.5. The Morgan fingerprint density at radius 1 is 1.09 bits per heavy atom. The number of benzene rings is 2. The van der Waals surface area contributed by atoms with Gasteiger partial charge in [0.2, 0.25) is 5.91 Å². The van der Waals surface area contributed by atoms with Crippen molar-refractivity contribution in [3.63, 3.8) is 0 Å². The van der Waals surface area contributed by atoms with Gasteiger partial charge in [0.05, 0.1) is 5.92 Å². The predicted molar refractivity (Wildman–Crippen MR) is 95.0 cm³/mol. The zero-order valence-corrected chi connectivity index (χ0v) is 13.8. The van der Waals surface area contributed by atoms with Crippen molar-refractivity contribution < 1.29 is 4.79 Å². The van der Waals surface area contributed by atoms with Crippen LogP contribution in [0, 0.1) is 5.92 Å². The minimum absolute atomic E-state index is 0.0645. The molecular weight excluding hydrogens is 286 g/mol. The molecule has 0 aliphatic carbocycles. The summed E-state index contributed by atoms with van der Waals surface area (Å²) >= 11 is 0. The van der Waals surface area contributed by atoms with Gasteiger partial charge in [-0.1, -0.05) is 62.4 Å². The second-order valence-electron chi connectivity index (χ2n) is 5.65. The molecule has 2 atom stereocenters. The van der Waals surface area contributed by atoms with Crippen LogP contribution in [0.3, 0.4) is 0 Å². The molecule has 0 aliphatic rings. The maximum Gasteiger partial charge on any atom is 0.229 e. The lowest BCUT2D eigenvalue weighted by Gasteiger charge is -2.21. The Kier molecular flexibility index (Phi) is 6.32. The molecule has 0 aromatic heterocycles. The Balaban J connectivity index is 2.07. The Labute approximate surface area is 138 Å². The van der Waals surface area contributed by atoms with Gasteiger partial charge in [0.15, 0.2) is 0 Å². The third kappa shape index (κ3) is 4.65. The van der Waals surface area contributed by atoms with Crippen LogP contribution in [0.25, 0.3) is 0 Å². The standard InChI is InChI=1S/C19H25N3O/c1-3-21-13-16-11-7-8-12-17(16)22-19(23)14(2)18(20)15-9-5-4-6-10-15/h4-12,14,18,21H,3,13,20H2,1-2H3,(H,22,23). The number of hydrogen-bond donors (Lipinski definition) is 3. The van der Waals surface area contributed by atoms with Crippen LogP contribution in [0.5, 0.6) is 0 Å². The highest BCUT2D eigenvalue weighted by molar-refractivity contribution is 5.93. The normalized spacial score (nSPS) is 13.3. The molecule has 0 saturated heterocycles. The first-order valence-electron chi connectivity index (χ1n) is 8.03. The van der Waals surface area contributed by atoms with E-state index in [0.717, 1.165) is 29.9 Å². The molecular formula is C19H25N3O. The molecule has 2 unspecified atom stereocenters. The van der Waals surface area contributed by atoms with Gasteiger partial charge in [0.1, 0.15) is 0 Å². The minimum Gasteiger partial charge on any atom is -0.325 e. The molecule has 2 rings (SSSR count). The molecule has 0 saturated carbocycles. The highest BCUT2D eigenvalue weighted by Crippen LogP contribution is 2.22. The third-order valence-corrected chi connectivity index (χ3v) is 3.98. The first-order valence-corrected chi connectivity index (χ1v) is 8.03. The number of amides is 1. The summed E-state index contributed by atoms with van der Waals surface area (Å²) in [5.41, 5.74) is 9.12. The summed E-state index contributed by atoms with van der Waals surface area (Å²) in [6.45, 7) is 5.53. The zero-order chi connectivity index (χ0) is 16.7. The molecule has 1 amide bonds. The van der Waals surface area contributed by atoms with E-state index >= 15 is 0 Å². The van der Waals surface area contributed by atoms with Crippen molar-refractivity contribution in [2.24, 2.45) is 11.7 Å². The van der Waals surface area contributed by atoms with Crippen molar-refractivity contribution in [3.8, 4) is 0 Å². The molecule has 0 aliphatic heterocycles. The summed E-state index contributed by atoms with van der Waals surface area (Å²) < 4.78 is 0. The molecule has 4 heteroatoms. The van der Waals surface area contributed by atoms with Gasteiger partial charge in [-0.25, -0.2) is 0 Å². The van der Waals surface area contributed by atoms with Gasteiger partial charge in [-0.05, 0) is 23.7 Å². The van der Waals surface area contributed by atoms with Crippen molar-refractivity contribution in [3.05, 3.63) is 65.7 Å². The number of nitrogens with two attached hydrogens (primary N) is 1. The van der Waals surface area contributed by atoms with Crippen molar-refractivity contribution in [1.82, 2.24) is 5.32 Å². The van der Waals surface area contributed by atoms with Gasteiger partial charge < -0.3 is 16.4 Å². The van der Waals surface area contributed by atoms with Crippen LogP contribution < -0.4 is 16.4 Å². The summed E-state index contributed by atoms with van der Waals surface area (Å²) in [6, 6.07) is 17.2. The number of carbonyl (C=O) groups excluding carboxylic acids is 1. The Bertz CT molecular complexity index is 628. The van der Waals surface area contributed by atoms with E-state index in [1.807, 2.05) is 61.5 Å². The molecule has 2 aromatic rings. The molecule has 0 bridgehead atoms. The summed E-state index contributed by atoms with van der Waals surface area (Å²) in [6.07, 6.45) is 0. The van der Waals surface area contributed by atoms with E-state index < -0.39 is 0 Å². The smallest absolute Gasteiger partial charge is 0.229 e. The second kappa shape index (κ2) is 8.46. The molecule has 4 nitrogen and oxygen atoms in total. The van der Waals surface area contributed by atoms with Gasteiger partial charge in [-0.15, -0.1) is 0 Å². The highest BCUT2D eigenvalue weighted by Gasteiger charge is 2.22. The number of carbonyl (C=O) groups is 1. The number of rotatable bonds is 7. The van der Waals surface area contributed by atoms with Crippen LogP contribution in [0.2, 0.25) is 0 Å². The van der Waals surface area contributed by atoms with Gasteiger partial charge in [-0.3, -0.25) is 4.79 Å². The average molecular weight is 311 g/mol. The first kappa shape index (κ1) is 17.2. The van der Waals surface area contributed by atoms with E-state index in [-0.39, 0.29) is 17.9 Å². The van der Waals surface area contributed by atoms with Gasteiger partial charge >= 0.3 is 0 Å². The molecule has 23 heavy (non-hydrogen) atoms. The lowest BCUT2D eigenvalue weighted by molar-refractivity contribution is -0.120. The molecule has 122 valence electrons. The third-order valence-electron chi connectivity index (χ3n) is 3.98. The van der Waals surface area contributed by atoms with Crippen molar-refractivity contribution in [2.75, 3.05) is 11.9 Å². The summed E-state index contributed by atoms with van der Waals surface area (Å²) in [5.74, 6) is -0.380. The van der Waals surface area contributed by atoms with Crippen LogP contribution in [0.4, 0.5) is 5.69 Å². The minimum atomic E-state index is -0.322. The number of para-hydroxylation sites is 1. The molecule has 0 spiro atoms. The van der Waals surface area contributed by atoms with Gasteiger partial charge in [0.25, 0.3) is 0 Å². The highest BCUT2D eigenvalue weighted by atomic mass is 16.1. The van der Waals surface area contributed by atoms with E-state index in [2.05, 4.69) is 17.6 Å². The van der Waals surface area contributed by atoms with Crippen molar-refractivity contribution in [2.45, 2.75) is 26.4 Å². The average Bonchev–Trinajstić information content (AvgIpc) is 2.60. The van der Waals surface area contributed by atoms with Gasteiger partial charge in [0, 0.05) is 18.3 Å². The van der Waals surface area contributed by atoms with Crippen LogP contribution in [-0.4, -0.2) is 12.5 Å². The number of hydrogen-bond acceptors (Lipinski definition) is 3. The quantitative estimate of drug-likeness (QED) is 0.736. The number of nitrogens with one attached hydrogen (secondary N) is 2. The Hall–Kier alpha value is -2.17. The van der Waals surface area contributed by atoms with Crippen molar-refractivity contribution >= 4 is 11.6 Å². The summed E-state index contributed by atoms with van der Waals surface area (Å²) in [7, 11) is 0. The fourth-order valence-electron chi connectivity index (χ4n) is 2.43. The molecule has 0 heterocycles. The Morgan fingerprint density at radius 3 is 2.43 bits per heavy atom. The van der Waals surface area contributed by atoms with E-state index in [9.17, 15) is 4.79 Å². The predicted octanol–water partition coefficient (Wildman–Crippen LogP) is 3.07. The van der Waals surface area contributed by atoms with Crippen LogP contribution in [-0.2, 0) is 11.3 Å². The maximum atomic E-state index is 12.5. The SMILES string of the molecule is CCNCc1ccccc1NC(=O)C(C)C(N)c1ccccc1. The topological polar surface area (TPSA) is 67.1 Å². The van der Waals surface area contributed by atoms with Crippen LogP contribution in [0.15, 0.2) is 54.6 Å². The van der Waals surface area contributed by atoms with Gasteiger partial charge in [-0.2, -0.15) is 0 Å². The van der Waals surface area contributed by atoms with E-state index in [1.54, 1.807) is 0 Å². The lowest BCUT2D eigenvalue weighted by atomic mass is 9.94.